The summed E-state index contributed by atoms with van der Waals surface area (Å²) in [6.45, 7) is 6.45. The van der Waals surface area contributed by atoms with E-state index in [0.29, 0.717) is 18.6 Å². The summed E-state index contributed by atoms with van der Waals surface area (Å²) in [5.41, 5.74) is 6.00. The third-order valence-electron chi connectivity index (χ3n) is 3.37. The van der Waals surface area contributed by atoms with Crippen LogP contribution in [0.5, 0.6) is 0 Å². The Kier molecular flexibility index (Phi) is 4.64. The lowest BCUT2D eigenvalue weighted by molar-refractivity contribution is 0.152. The zero-order valence-corrected chi connectivity index (χ0v) is 12.9. The fourth-order valence-electron chi connectivity index (χ4n) is 2.21. The van der Waals surface area contributed by atoms with Crippen molar-refractivity contribution < 1.29 is 0 Å². The highest BCUT2D eigenvalue weighted by atomic mass is 79.9. The Morgan fingerprint density at radius 1 is 1.53 bits per heavy atom. The Labute approximate surface area is 116 Å². The van der Waals surface area contributed by atoms with Crippen LogP contribution in [0, 0.1) is 5.92 Å². The van der Waals surface area contributed by atoms with Gasteiger partial charge in [0.15, 0.2) is 0 Å². The summed E-state index contributed by atoms with van der Waals surface area (Å²) in [4.78, 5) is 3.95. The van der Waals surface area contributed by atoms with Crippen LogP contribution in [0.15, 0.2) is 15.9 Å². The normalized spacial score (nSPS) is 18.0. The summed E-state index contributed by atoms with van der Waals surface area (Å²) in [6, 6.07) is 3.15. The van der Waals surface area contributed by atoms with Crippen LogP contribution in [0.4, 0.5) is 0 Å². The molecule has 1 aromatic rings. The molecule has 0 aromatic carbocycles. The van der Waals surface area contributed by atoms with Crippen molar-refractivity contribution in [2.75, 3.05) is 13.1 Å². The number of hydrogen-bond acceptors (Lipinski definition) is 3. The zero-order valence-electron chi connectivity index (χ0n) is 10.5. The monoisotopic (exact) mass is 316 g/mol. The third-order valence-corrected chi connectivity index (χ3v) is 5.16. The molecule has 0 amide bonds. The first-order valence-electron chi connectivity index (χ1n) is 6.31. The second-order valence-electron chi connectivity index (χ2n) is 5.15. The van der Waals surface area contributed by atoms with Gasteiger partial charge in [0.25, 0.3) is 0 Å². The number of hydrogen-bond donors (Lipinski definition) is 1. The van der Waals surface area contributed by atoms with Crippen molar-refractivity contribution in [3.63, 3.8) is 0 Å². The van der Waals surface area contributed by atoms with Crippen molar-refractivity contribution in [2.45, 2.75) is 38.8 Å². The molecule has 0 radical (unpaired) electrons. The molecule has 1 heterocycles. The van der Waals surface area contributed by atoms with E-state index in [2.05, 4.69) is 46.1 Å². The largest absolute Gasteiger partial charge is 0.329 e. The molecule has 2 rings (SSSR count). The van der Waals surface area contributed by atoms with Crippen LogP contribution in [0.2, 0.25) is 0 Å². The first kappa shape index (κ1) is 13.5. The fraction of sp³-hybridized carbons (Fsp3) is 0.692. The Bertz CT molecular complexity index is 360. The molecule has 0 bridgehead atoms. The van der Waals surface area contributed by atoms with E-state index >= 15 is 0 Å². The van der Waals surface area contributed by atoms with E-state index in [0.717, 1.165) is 5.92 Å². The van der Waals surface area contributed by atoms with Gasteiger partial charge >= 0.3 is 0 Å². The molecule has 1 aliphatic rings. The lowest BCUT2D eigenvalue weighted by Crippen LogP contribution is -2.39. The summed E-state index contributed by atoms with van der Waals surface area (Å²) in [7, 11) is 0. The van der Waals surface area contributed by atoms with Crippen molar-refractivity contribution >= 4 is 27.3 Å². The van der Waals surface area contributed by atoms with Crippen LogP contribution in [-0.2, 0) is 0 Å². The number of thiophene rings is 1. The molecule has 1 unspecified atom stereocenters. The van der Waals surface area contributed by atoms with Crippen LogP contribution in [-0.4, -0.2) is 24.0 Å². The van der Waals surface area contributed by atoms with E-state index in [-0.39, 0.29) is 0 Å². The zero-order chi connectivity index (χ0) is 12.4. The van der Waals surface area contributed by atoms with Gasteiger partial charge < -0.3 is 5.73 Å². The maximum Gasteiger partial charge on any atom is 0.0567 e. The third kappa shape index (κ3) is 3.53. The smallest absolute Gasteiger partial charge is 0.0567 e. The summed E-state index contributed by atoms with van der Waals surface area (Å²) < 4.78 is 1.17. The quantitative estimate of drug-likeness (QED) is 0.868. The van der Waals surface area contributed by atoms with Crippen molar-refractivity contribution in [1.82, 2.24) is 4.90 Å². The van der Waals surface area contributed by atoms with E-state index in [1.807, 2.05) is 0 Å². The molecule has 1 atom stereocenters. The number of nitrogens with zero attached hydrogens (tertiary/aromatic N) is 1. The SMILES string of the molecule is CC(C)N(CC1CC1)C(CN)c1cc(Br)cs1. The molecule has 1 aromatic heterocycles. The van der Waals surface area contributed by atoms with Crippen LogP contribution < -0.4 is 5.73 Å². The highest BCUT2D eigenvalue weighted by Gasteiger charge is 2.30. The Morgan fingerprint density at radius 2 is 2.24 bits per heavy atom. The maximum absolute atomic E-state index is 6.00. The Balaban J connectivity index is 2.12. The molecule has 17 heavy (non-hydrogen) atoms. The predicted octanol–water partition coefficient (Wildman–Crippen LogP) is 3.63. The lowest BCUT2D eigenvalue weighted by atomic mass is 10.1. The highest BCUT2D eigenvalue weighted by Crippen LogP contribution is 2.35. The van der Waals surface area contributed by atoms with Gasteiger partial charge in [-0.3, -0.25) is 4.90 Å². The van der Waals surface area contributed by atoms with Gasteiger partial charge in [0, 0.05) is 33.9 Å². The maximum atomic E-state index is 6.00. The van der Waals surface area contributed by atoms with Gasteiger partial charge in [-0.1, -0.05) is 0 Å². The van der Waals surface area contributed by atoms with Gasteiger partial charge in [-0.2, -0.15) is 0 Å². The average molecular weight is 317 g/mol. The minimum absolute atomic E-state index is 0.381. The first-order chi connectivity index (χ1) is 8.11. The molecule has 1 aliphatic carbocycles. The second kappa shape index (κ2) is 5.83. The van der Waals surface area contributed by atoms with Crippen molar-refractivity contribution in [3.8, 4) is 0 Å². The molecule has 2 N–H and O–H groups in total. The van der Waals surface area contributed by atoms with E-state index in [1.165, 1.54) is 28.7 Å². The molecular weight excluding hydrogens is 296 g/mol. The Hall–Kier alpha value is 0.1000. The summed E-state index contributed by atoms with van der Waals surface area (Å²) in [5, 5.41) is 2.15. The molecule has 4 heteroatoms. The minimum atomic E-state index is 0.381. The summed E-state index contributed by atoms with van der Waals surface area (Å²) >= 11 is 5.34. The molecule has 1 saturated carbocycles. The molecule has 1 fully saturated rings. The van der Waals surface area contributed by atoms with Crippen molar-refractivity contribution in [1.29, 1.82) is 0 Å². The van der Waals surface area contributed by atoms with Crippen LogP contribution in [0.3, 0.4) is 0 Å². The van der Waals surface area contributed by atoms with E-state index in [1.54, 1.807) is 11.3 Å². The van der Waals surface area contributed by atoms with Gasteiger partial charge in [-0.15, -0.1) is 11.3 Å². The minimum Gasteiger partial charge on any atom is -0.329 e. The van der Waals surface area contributed by atoms with Crippen molar-refractivity contribution in [2.24, 2.45) is 11.7 Å². The lowest BCUT2D eigenvalue weighted by Gasteiger charge is -2.33. The Morgan fingerprint density at radius 3 is 2.65 bits per heavy atom. The fourth-order valence-corrected chi connectivity index (χ4v) is 3.79. The van der Waals surface area contributed by atoms with E-state index < -0.39 is 0 Å². The standard InChI is InChI=1S/C13H21BrN2S/c1-9(2)16(7-10-3-4-10)12(6-15)13-5-11(14)8-17-13/h5,8-10,12H,3-4,6-7,15H2,1-2H3. The first-order valence-corrected chi connectivity index (χ1v) is 7.98. The highest BCUT2D eigenvalue weighted by molar-refractivity contribution is 9.10. The van der Waals surface area contributed by atoms with Crippen LogP contribution >= 0.6 is 27.3 Å². The molecule has 0 spiro atoms. The number of halogens is 1. The average Bonchev–Trinajstić information content (AvgIpc) is 3.00. The van der Waals surface area contributed by atoms with E-state index in [9.17, 15) is 0 Å². The summed E-state index contributed by atoms with van der Waals surface area (Å²) in [6.07, 6.45) is 2.79. The molecule has 0 aliphatic heterocycles. The van der Waals surface area contributed by atoms with Crippen LogP contribution in [0.25, 0.3) is 0 Å². The van der Waals surface area contributed by atoms with Crippen LogP contribution in [0.1, 0.15) is 37.6 Å². The van der Waals surface area contributed by atoms with Gasteiger partial charge in [-0.05, 0) is 54.6 Å². The summed E-state index contributed by atoms with van der Waals surface area (Å²) in [5.74, 6) is 0.912. The molecule has 0 saturated heterocycles. The van der Waals surface area contributed by atoms with Crippen molar-refractivity contribution in [3.05, 3.63) is 20.8 Å². The van der Waals surface area contributed by atoms with Gasteiger partial charge in [0.2, 0.25) is 0 Å². The molecule has 2 nitrogen and oxygen atoms in total. The molecule has 96 valence electrons. The second-order valence-corrected chi connectivity index (χ2v) is 7.01. The topological polar surface area (TPSA) is 29.3 Å². The number of nitrogens with two attached hydrogens (primary N) is 1. The van der Waals surface area contributed by atoms with Gasteiger partial charge in [-0.25, -0.2) is 0 Å². The predicted molar refractivity (Wildman–Crippen MR) is 78.4 cm³/mol. The van der Waals surface area contributed by atoms with E-state index in [4.69, 9.17) is 5.73 Å². The van der Waals surface area contributed by atoms with Gasteiger partial charge in [0.1, 0.15) is 0 Å². The number of rotatable bonds is 6. The molecular formula is C13H21BrN2S. The van der Waals surface area contributed by atoms with Gasteiger partial charge in [0.05, 0.1) is 6.04 Å².